The zero-order chi connectivity index (χ0) is 8.43. The molecule has 0 aromatic carbocycles. The minimum Gasteiger partial charge on any atom is -0.302 e. The van der Waals surface area contributed by atoms with Gasteiger partial charge in [0.25, 0.3) is 0 Å². The van der Waals surface area contributed by atoms with E-state index in [-0.39, 0.29) is 4.83 Å². The topological polar surface area (TPSA) is 17.1 Å². The van der Waals surface area contributed by atoms with E-state index in [4.69, 9.17) is 23.2 Å². The van der Waals surface area contributed by atoms with Crippen LogP contribution in [0.4, 0.5) is 0 Å². The average Bonchev–Trinajstić information content (AvgIpc) is 2.28. The summed E-state index contributed by atoms with van der Waals surface area (Å²) in [4.78, 5) is 9.97. The summed E-state index contributed by atoms with van der Waals surface area (Å²) in [6, 6.07) is 1.68. The minimum absolute atomic E-state index is 0.348. The van der Waals surface area contributed by atoms with E-state index in [9.17, 15) is 4.79 Å². The largest absolute Gasteiger partial charge is 0.302 e. The maximum Gasteiger partial charge on any atom is 0.138 e. The van der Waals surface area contributed by atoms with Crippen molar-refractivity contribution in [3.63, 3.8) is 0 Å². The first kappa shape index (κ1) is 9.52. The molecular formula is C6H3BrCl2OS. The molecule has 0 saturated carbocycles. The third-order valence-electron chi connectivity index (χ3n) is 1.10. The standard InChI is InChI=1S/C6H3BrCl2OS/c7-4(2-10)3-1-5(8)11-6(3)9/h1-2,4H/t4-/m1/s1. The molecule has 1 nitrogen and oxygen atoms in total. The Labute approximate surface area is 86.4 Å². The number of alkyl halides is 1. The van der Waals surface area contributed by atoms with E-state index in [1.807, 2.05) is 0 Å². The minimum atomic E-state index is -0.348. The number of rotatable bonds is 2. The van der Waals surface area contributed by atoms with Gasteiger partial charge in [-0.3, -0.25) is 0 Å². The van der Waals surface area contributed by atoms with Gasteiger partial charge in [-0.05, 0) is 6.07 Å². The lowest BCUT2D eigenvalue weighted by molar-refractivity contribution is -0.107. The quantitative estimate of drug-likeness (QED) is 0.593. The molecule has 1 aromatic heterocycles. The van der Waals surface area contributed by atoms with Crippen LogP contribution in [-0.4, -0.2) is 6.29 Å². The summed E-state index contributed by atoms with van der Waals surface area (Å²) in [5, 5.41) is 0. The Kier molecular flexibility index (Phi) is 3.37. The fourth-order valence-corrected chi connectivity index (χ4v) is 2.81. The predicted molar refractivity (Wildman–Crippen MR) is 52.1 cm³/mol. The fraction of sp³-hybridized carbons (Fsp3) is 0.167. The van der Waals surface area contributed by atoms with Crippen LogP contribution < -0.4 is 0 Å². The molecule has 1 aromatic rings. The van der Waals surface area contributed by atoms with Crippen molar-refractivity contribution in [2.24, 2.45) is 0 Å². The van der Waals surface area contributed by atoms with E-state index in [2.05, 4.69) is 15.9 Å². The van der Waals surface area contributed by atoms with Crippen LogP contribution in [0.5, 0.6) is 0 Å². The molecule has 11 heavy (non-hydrogen) atoms. The second kappa shape index (κ2) is 3.90. The van der Waals surface area contributed by atoms with Gasteiger partial charge in [0.05, 0.1) is 13.5 Å². The molecule has 0 aliphatic carbocycles. The average molecular weight is 274 g/mol. The summed E-state index contributed by atoms with van der Waals surface area (Å²) in [7, 11) is 0. The lowest BCUT2D eigenvalue weighted by Crippen LogP contribution is -1.86. The molecule has 0 aliphatic rings. The van der Waals surface area contributed by atoms with Gasteiger partial charge in [-0.2, -0.15) is 0 Å². The van der Waals surface area contributed by atoms with Crippen LogP contribution in [0.1, 0.15) is 10.4 Å². The predicted octanol–water partition coefficient (Wildman–Crippen LogP) is 3.69. The van der Waals surface area contributed by atoms with Crippen molar-refractivity contribution in [3.8, 4) is 0 Å². The van der Waals surface area contributed by atoms with Gasteiger partial charge in [-0.15, -0.1) is 11.3 Å². The highest BCUT2D eigenvalue weighted by atomic mass is 79.9. The molecule has 1 heterocycles. The first-order chi connectivity index (χ1) is 5.15. The molecule has 0 bridgehead atoms. The molecule has 0 aliphatic heterocycles. The smallest absolute Gasteiger partial charge is 0.138 e. The first-order valence-corrected chi connectivity index (χ1v) is 5.18. The Morgan fingerprint density at radius 2 is 2.27 bits per heavy atom. The monoisotopic (exact) mass is 272 g/mol. The van der Waals surface area contributed by atoms with Gasteiger partial charge in [-0.25, -0.2) is 0 Å². The lowest BCUT2D eigenvalue weighted by atomic mass is 10.3. The summed E-state index contributed by atoms with van der Waals surface area (Å²) in [5.74, 6) is 0. The van der Waals surface area contributed by atoms with Gasteiger partial charge in [0, 0.05) is 5.56 Å². The highest BCUT2D eigenvalue weighted by Crippen LogP contribution is 2.37. The Morgan fingerprint density at radius 1 is 1.64 bits per heavy atom. The van der Waals surface area contributed by atoms with E-state index in [1.165, 1.54) is 11.3 Å². The lowest BCUT2D eigenvalue weighted by Gasteiger charge is -1.96. The molecule has 60 valence electrons. The molecule has 0 fully saturated rings. The van der Waals surface area contributed by atoms with Crippen LogP contribution in [0, 0.1) is 0 Å². The second-order valence-corrected chi connectivity index (χ2v) is 5.09. The number of halogens is 3. The summed E-state index contributed by atoms with van der Waals surface area (Å²) in [6.45, 7) is 0. The number of aldehydes is 1. The zero-order valence-corrected chi connectivity index (χ0v) is 9.10. The van der Waals surface area contributed by atoms with Crippen LogP contribution in [0.25, 0.3) is 0 Å². The van der Waals surface area contributed by atoms with Crippen LogP contribution in [-0.2, 0) is 4.79 Å². The third kappa shape index (κ3) is 2.18. The molecule has 1 rings (SSSR count). The Morgan fingerprint density at radius 3 is 2.64 bits per heavy atom. The molecule has 0 N–H and O–H groups in total. The normalized spacial score (nSPS) is 13.0. The van der Waals surface area contributed by atoms with Crippen molar-refractivity contribution < 1.29 is 4.79 Å². The fourth-order valence-electron chi connectivity index (χ4n) is 0.614. The van der Waals surface area contributed by atoms with Gasteiger partial charge in [-0.1, -0.05) is 39.1 Å². The summed E-state index contributed by atoms with van der Waals surface area (Å²) in [5.41, 5.74) is 0.733. The van der Waals surface area contributed by atoms with Crippen molar-refractivity contribution in [2.75, 3.05) is 0 Å². The van der Waals surface area contributed by atoms with E-state index in [1.54, 1.807) is 6.07 Å². The number of carbonyl (C=O) groups is 1. The van der Waals surface area contributed by atoms with Gasteiger partial charge in [0.2, 0.25) is 0 Å². The summed E-state index contributed by atoms with van der Waals surface area (Å²) in [6.07, 6.45) is 0.768. The van der Waals surface area contributed by atoms with Crippen LogP contribution >= 0.6 is 50.5 Å². The maximum atomic E-state index is 10.3. The van der Waals surface area contributed by atoms with E-state index < -0.39 is 0 Å². The van der Waals surface area contributed by atoms with Crippen molar-refractivity contribution in [2.45, 2.75) is 4.83 Å². The van der Waals surface area contributed by atoms with Crippen molar-refractivity contribution >= 4 is 56.8 Å². The highest BCUT2D eigenvalue weighted by molar-refractivity contribution is 9.09. The molecule has 1 atom stereocenters. The van der Waals surface area contributed by atoms with E-state index in [0.717, 1.165) is 11.8 Å². The van der Waals surface area contributed by atoms with E-state index >= 15 is 0 Å². The summed E-state index contributed by atoms with van der Waals surface area (Å²) < 4.78 is 1.15. The summed E-state index contributed by atoms with van der Waals surface area (Å²) >= 11 is 15.8. The molecule has 0 unspecified atom stereocenters. The zero-order valence-electron chi connectivity index (χ0n) is 5.18. The first-order valence-electron chi connectivity index (χ1n) is 2.69. The Bertz CT molecular complexity index is 274. The van der Waals surface area contributed by atoms with Crippen LogP contribution in [0.15, 0.2) is 6.07 Å². The molecule has 0 amide bonds. The highest BCUT2D eigenvalue weighted by Gasteiger charge is 2.13. The van der Waals surface area contributed by atoms with Crippen molar-refractivity contribution in [3.05, 3.63) is 20.3 Å². The molecule has 0 radical (unpaired) electrons. The van der Waals surface area contributed by atoms with Gasteiger partial charge >= 0.3 is 0 Å². The van der Waals surface area contributed by atoms with Crippen LogP contribution in [0.3, 0.4) is 0 Å². The Hall–Kier alpha value is 0.430. The number of hydrogen-bond donors (Lipinski definition) is 0. The second-order valence-electron chi connectivity index (χ2n) is 1.82. The molecular weight excluding hydrogens is 271 g/mol. The maximum absolute atomic E-state index is 10.3. The van der Waals surface area contributed by atoms with Gasteiger partial charge in [0.1, 0.15) is 6.29 Å². The molecule has 0 spiro atoms. The van der Waals surface area contributed by atoms with Crippen molar-refractivity contribution in [1.82, 2.24) is 0 Å². The molecule has 5 heteroatoms. The number of carbonyl (C=O) groups excluding carboxylic acids is 1. The van der Waals surface area contributed by atoms with Crippen molar-refractivity contribution in [1.29, 1.82) is 0 Å². The van der Waals surface area contributed by atoms with Gasteiger partial charge < -0.3 is 4.79 Å². The molecule has 0 saturated heterocycles. The third-order valence-corrected chi connectivity index (χ3v) is 3.33. The Balaban J connectivity index is 3.02. The SMILES string of the molecule is O=C[C@@H](Br)c1cc(Cl)sc1Cl. The van der Waals surface area contributed by atoms with Gasteiger partial charge in [0.15, 0.2) is 0 Å². The number of thiophene rings is 1. The number of hydrogen-bond acceptors (Lipinski definition) is 2. The van der Waals surface area contributed by atoms with Crippen LogP contribution in [0.2, 0.25) is 8.67 Å². The van der Waals surface area contributed by atoms with E-state index in [0.29, 0.717) is 8.67 Å².